The Kier molecular flexibility index (Phi) is 6.21. The van der Waals surface area contributed by atoms with Crippen LogP contribution in [0, 0.1) is 0 Å². The summed E-state index contributed by atoms with van der Waals surface area (Å²) in [5.74, 6) is 3.23. The van der Waals surface area contributed by atoms with Crippen molar-refractivity contribution >= 4 is 32.9 Å². The van der Waals surface area contributed by atoms with E-state index >= 15 is 0 Å². The second-order valence-corrected chi connectivity index (χ2v) is 8.99. The van der Waals surface area contributed by atoms with Crippen LogP contribution in [-0.4, -0.2) is 27.9 Å². The number of benzene rings is 2. The van der Waals surface area contributed by atoms with E-state index in [9.17, 15) is 22.2 Å². The normalized spacial score (nSPS) is 18.6. The van der Waals surface area contributed by atoms with Gasteiger partial charge in [-0.05, 0) is 42.1 Å². The quantitative estimate of drug-likeness (QED) is 0.679. The molecule has 30 heavy (non-hydrogen) atoms. The van der Waals surface area contributed by atoms with Crippen molar-refractivity contribution in [3.05, 3.63) is 60.2 Å². The maximum Gasteiger partial charge on any atom is 0.431 e. The van der Waals surface area contributed by atoms with Gasteiger partial charge in [0.25, 0.3) is 0 Å². The van der Waals surface area contributed by atoms with Crippen LogP contribution in [0.2, 0.25) is 0 Å². The largest absolute Gasteiger partial charge is 0.431 e. The maximum absolute atomic E-state index is 13.3. The summed E-state index contributed by atoms with van der Waals surface area (Å²) in [5, 5.41) is 5.14. The molecule has 0 bridgehead atoms. The lowest BCUT2D eigenvalue weighted by Gasteiger charge is -2.24. The molecule has 3 rings (SSSR count). The number of carbonyl (C=O) groups is 1. The molecule has 2 atom stereocenters. The minimum Gasteiger partial charge on any atom is -0.279 e. The Morgan fingerprint density at radius 3 is 2.40 bits per heavy atom. The van der Waals surface area contributed by atoms with Crippen LogP contribution in [0.1, 0.15) is 37.8 Å². The number of halogens is 3. The van der Waals surface area contributed by atoms with E-state index < -0.39 is 27.6 Å². The van der Waals surface area contributed by atoms with Crippen LogP contribution in [-0.2, 0) is 14.5 Å². The zero-order valence-electron chi connectivity index (χ0n) is 16.4. The van der Waals surface area contributed by atoms with Crippen molar-refractivity contribution in [3.63, 3.8) is 0 Å². The molecule has 9 heteroatoms. The zero-order valence-corrected chi connectivity index (χ0v) is 17.2. The van der Waals surface area contributed by atoms with Crippen molar-refractivity contribution < 1.29 is 22.2 Å². The summed E-state index contributed by atoms with van der Waals surface area (Å²) in [6, 6.07) is 14.3. The minimum atomic E-state index is -4.52. The van der Waals surface area contributed by atoms with Gasteiger partial charge in [0.15, 0.2) is 0 Å². The topological polar surface area (TPSA) is 61.8 Å². The summed E-state index contributed by atoms with van der Waals surface area (Å²) in [6.45, 7) is 1.83. The third kappa shape index (κ3) is 4.84. The molecule has 0 radical (unpaired) electrons. The first-order valence-corrected chi connectivity index (χ1v) is 11.1. The Hall–Kier alpha value is -2.81. The molecule has 0 spiro atoms. The fourth-order valence-corrected chi connectivity index (χ4v) is 4.36. The third-order valence-electron chi connectivity index (χ3n) is 4.66. The average Bonchev–Trinajstić information content (AvgIpc) is 3.14. The molecule has 1 aliphatic rings. The molecule has 0 saturated carbocycles. The Labute approximate surface area is 173 Å². The molecule has 5 nitrogen and oxygen atoms in total. The van der Waals surface area contributed by atoms with Gasteiger partial charge >= 0.3 is 6.18 Å². The molecule has 1 heterocycles. The van der Waals surface area contributed by atoms with Gasteiger partial charge in [0, 0.05) is 17.7 Å². The van der Waals surface area contributed by atoms with E-state index in [0.717, 1.165) is 0 Å². The first kappa shape index (κ1) is 21.9. The van der Waals surface area contributed by atoms with Crippen molar-refractivity contribution in [2.24, 2.45) is 5.10 Å². The monoisotopic (exact) mass is 437 g/mol. The summed E-state index contributed by atoms with van der Waals surface area (Å²) in [7, 11) is -3.06. The summed E-state index contributed by atoms with van der Waals surface area (Å²) in [6.07, 6.45) is -3.96. The van der Waals surface area contributed by atoms with Crippen LogP contribution in [0.5, 0.6) is 0 Å². The third-order valence-corrected chi connectivity index (χ3v) is 6.25. The Balaban J connectivity index is 1.90. The van der Waals surface area contributed by atoms with Crippen molar-refractivity contribution in [2.45, 2.75) is 43.3 Å². The first-order valence-electron chi connectivity index (χ1n) is 9.38. The average molecular weight is 437 g/mol. The molecule has 160 valence electrons. The lowest BCUT2D eigenvalue weighted by Crippen LogP contribution is -2.30. The number of anilines is 1. The number of hydrazone groups is 1. The molecule has 0 fully saturated rings. The van der Waals surface area contributed by atoms with Crippen molar-refractivity contribution in [3.8, 4) is 0 Å². The number of carbonyl (C=O) groups excluding carboxylic acids is 1. The van der Waals surface area contributed by atoms with Crippen LogP contribution < -0.4 is 9.73 Å². The van der Waals surface area contributed by atoms with Gasteiger partial charge in [0.1, 0.15) is 5.71 Å². The molecule has 0 aromatic heterocycles. The Morgan fingerprint density at radius 2 is 1.83 bits per heavy atom. The molecule has 2 aromatic carbocycles. The van der Waals surface area contributed by atoms with E-state index in [1.54, 1.807) is 30.3 Å². The summed E-state index contributed by atoms with van der Waals surface area (Å²) in [5.41, 5.74) is 0.271. The molecular formula is C21H22F3N3O2S. The molecule has 0 saturated heterocycles. The van der Waals surface area contributed by atoms with E-state index in [1.807, 2.05) is 6.92 Å². The standard InChI is InChI=1S/C21H22F3N3O2S/c1-3-7-20(28)26-30(2,29)17-12-10-16(11-13-17)27-18(15-8-5-4-6-9-15)14-19(25-27)21(22,23)24/h4-6,8-13,18H,2-3,7,14H2,1H3,(H,26,28,29). The van der Waals surface area contributed by atoms with E-state index in [4.69, 9.17) is 0 Å². The predicted octanol–water partition coefficient (Wildman–Crippen LogP) is 4.46. The first-order chi connectivity index (χ1) is 14.1. The van der Waals surface area contributed by atoms with Gasteiger partial charge in [-0.1, -0.05) is 37.3 Å². The molecule has 2 aromatic rings. The smallest absolute Gasteiger partial charge is 0.279 e. The van der Waals surface area contributed by atoms with E-state index in [2.05, 4.69) is 15.7 Å². The van der Waals surface area contributed by atoms with Crippen LogP contribution in [0.3, 0.4) is 0 Å². The highest BCUT2D eigenvalue weighted by molar-refractivity contribution is 7.99. The van der Waals surface area contributed by atoms with Crippen molar-refractivity contribution in [1.82, 2.24) is 4.72 Å². The van der Waals surface area contributed by atoms with Crippen molar-refractivity contribution in [2.75, 3.05) is 5.01 Å². The van der Waals surface area contributed by atoms with Crippen LogP contribution in [0.15, 0.2) is 64.6 Å². The number of alkyl halides is 3. The molecule has 0 aliphatic carbocycles. The minimum absolute atomic E-state index is 0.228. The summed E-state index contributed by atoms with van der Waals surface area (Å²) in [4.78, 5) is 12.1. The van der Waals surface area contributed by atoms with Gasteiger partial charge in [-0.25, -0.2) is 4.21 Å². The van der Waals surface area contributed by atoms with E-state index in [-0.39, 0.29) is 23.6 Å². The summed E-state index contributed by atoms with van der Waals surface area (Å²) >= 11 is 0. The van der Waals surface area contributed by atoms with Gasteiger partial charge in [-0.3, -0.25) is 14.5 Å². The number of hydrogen-bond donors (Lipinski definition) is 1. The van der Waals surface area contributed by atoms with E-state index in [1.165, 1.54) is 29.3 Å². The van der Waals surface area contributed by atoms with Gasteiger partial charge < -0.3 is 0 Å². The lowest BCUT2D eigenvalue weighted by molar-refractivity contribution is -0.119. The predicted molar refractivity (Wildman–Crippen MR) is 113 cm³/mol. The Morgan fingerprint density at radius 1 is 1.20 bits per heavy atom. The highest BCUT2D eigenvalue weighted by Crippen LogP contribution is 2.39. The number of nitrogens with one attached hydrogen (secondary N) is 1. The lowest BCUT2D eigenvalue weighted by atomic mass is 10.0. The van der Waals surface area contributed by atoms with Crippen molar-refractivity contribution in [1.29, 1.82) is 0 Å². The fraction of sp³-hybridized carbons (Fsp3) is 0.286. The maximum atomic E-state index is 13.3. The Bertz CT molecular complexity index is 1030. The summed E-state index contributed by atoms with van der Waals surface area (Å²) < 4.78 is 55.1. The molecule has 1 aliphatic heterocycles. The number of hydrogen-bond acceptors (Lipinski definition) is 4. The number of amides is 1. The fourth-order valence-electron chi connectivity index (χ4n) is 3.19. The van der Waals surface area contributed by atoms with Crippen LogP contribution >= 0.6 is 0 Å². The highest BCUT2D eigenvalue weighted by atomic mass is 32.2. The molecule has 2 unspecified atom stereocenters. The van der Waals surface area contributed by atoms with Gasteiger partial charge in [-0.2, -0.15) is 18.3 Å². The second-order valence-electron chi connectivity index (χ2n) is 6.96. The molecule has 1 N–H and O–H groups in total. The van der Waals surface area contributed by atoms with Gasteiger partial charge in [-0.15, -0.1) is 0 Å². The molecule has 1 amide bonds. The zero-order chi connectivity index (χ0) is 21.9. The second kappa shape index (κ2) is 8.51. The number of rotatable bonds is 6. The van der Waals surface area contributed by atoms with E-state index in [0.29, 0.717) is 17.7 Å². The molecular weight excluding hydrogens is 415 g/mol. The highest BCUT2D eigenvalue weighted by Gasteiger charge is 2.43. The van der Waals surface area contributed by atoms with Gasteiger partial charge in [0.2, 0.25) is 5.91 Å². The van der Waals surface area contributed by atoms with Crippen LogP contribution in [0.25, 0.3) is 0 Å². The SMILES string of the molecule is C=S(=O)(NC(=O)CCC)c1ccc(N2N=C(C(F)(F)F)CC2c2ccccc2)cc1. The number of nitrogens with zero attached hydrogens (tertiary/aromatic N) is 2. The van der Waals surface area contributed by atoms with Crippen LogP contribution in [0.4, 0.5) is 18.9 Å². The van der Waals surface area contributed by atoms with Gasteiger partial charge in [0.05, 0.1) is 21.4 Å².